The smallest absolute Gasteiger partial charge is 0.242 e. The van der Waals surface area contributed by atoms with Crippen molar-refractivity contribution in [1.82, 2.24) is 20.2 Å². The number of ether oxygens (including phenoxy) is 1. The summed E-state index contributed by atoms with van der Waals surface area (Å²) in [5.74, 6) is 0.913. The van der Waals surface area contributed by atoms with Crippen LogP contribution in [-0.2, 0) is 9.59 Å². The number of hydrogen-bond acceptors (Lipinski definition) is 5. The molecule has 2 heterocycles. The predicted octanol–water partition coefficient (Wildman–Crippen LogP) is 0.209. The van der Waals surface area contributed by atoms with Crippen LogP contribution in [-0.4, -0.2) is 52.4 Å². The van der Waals surface area contributed by atoms with Crippen molar-refractivity contribution in [3.8, 4) is 5.88 Å². The summed E-state index contributed by atoms with van der Waals surface area (Å²) >= 11 is 0. The van der Waals surface area contributed by atoms with Gasteiger partial charge in [0.15, 0.2) is 0 Å². The molecule has 1 aliphatic heterocycles. The highest BCUT2D eigenvalue weighted by atomic mass is 16.5. The summed E-state index contributed by atoms with van der Waals surface area (Å²) in [7, 11) is 0. The van der Waals surface area contributed by atoms with Gasteiger partial charge in [0.25, 0.3) is 0 Å². The number of carbonyl (C=O) groups excluding carboxylic acids is 2. The zero-order valence-electron chi connectivity index (χ0n) is 12.5. The molecule has 2 amide bonds. The summed E-state index contributed by atoms with van der Waals surface area (Å²) < 4.78 is 5.81. The first kappa shape index (κ1) is 15.2. The lowest BCUT2D eigenvalue weighted by Gasteiger charge is -2.17. The quantitative estimate of drug-likeness (QED) is 0.857. The molecule has 0 aromatic carbocycles. The van der Waals surface area contributed by atoms with Crippen LogP contribution in [0, 0.1) is 13.8 Å². The number of aryl methyl sites for hydroxylation is 2. The van der Waals surface area contributed by atoms with E-state index in [4.69, 9.17) is 4.74 Å². The Bertz CT molecular complexity index is 527. The fourth-order valence-corrected chi connectivity index (χ4v) is 2.28. The lowest BCUT2D eigenvalue weighted by Crippen LogP contribution is -2.39. The van der Waals surface area contributed by atoms with Crippen molar-refractivity contribution in [2.45, 2.75) is 33.3 Å². The van der Waals surface area contributed by atoms with Crippen molar-refractivity contribution in [2.75, 3.05) is 19.6 Å². The molecule has 114 valence electrons. The fraction of sp³-hybridized carbons (Fsp3) is 0.571. The van der Waals surface area contributed by atoms with Crippen molar-refractivity contribution in [2.24, 2.45) is 0 Å². The largest absolute Gasteiger partial charge is 0.472 e. The second-order valence-electron chi connectivity index (χ2n) is 5.17. The van der Waals surface area contributed by atoms with Crippen LogP contribution in [0.2, 0.25) is 0 Å². The summed E-state index contributed by atoms with van der Waals surface area (Å²) in [6.07, 6.45) is 0.688. The highest BCUT2D eigenvalue weighted by Gasteiger charge is 2.27. The normalized spacial score (nSPS) is 17.7. The van der Waals surface area contributed by atoms with Crippen molar-refractivity contribution < 1.29 is 14.3 Å². The van der Waals surface area contributed by atoms with Gasteiger partial charge >= 0.3 is 0 Å². The van der Waals surface area contributed by atoms with Gasteiger partial charge in [0.2, 0.25) is 17.7 Å². The van der Waals surface area contributed by atoms with Crippen LogP contribution >= 0.6 is 0 Å². The van der Waals surface area contributed by atoms with Gasteiger partial charge < -0.3 is 15.0 Å². The molecule has 1 atom stereocenters. The average molecular weight is 292 g/mol. The maximum absolute atomic E-state index is 11.9. The van der Waals surface area contributed by atoms with Crippen molar-refractivity contribution in [3.05, 3.63) is 17.6 Å². The number of hydrogen-bond donors (Lipinski definition) is 1. The molecule has 1 saturated heterocycles. The van der Waals surface area contributed by atoms with Gasteiger partial charge in [0.05, 0.1) is 13.1 Å². The molecule has 7 nitrogen and oxygen atoms in total. The minimum Gasteiger partial charge on any atom is -0.472 e. The Hall–Kier alpha value is -2.18. The molecule has 0 aliphatic carbocycles. The summed E-state index contributed by atoms with van der Waals surface area (Å²) in [6.45, 7) is 6.28. The molecular formula is C14H20N4O3. The Morgan fingerprint density at radius 1 is 1.43 bits per heavy atom. The number of likely N-dealkylation sites (tertiary alicyclic amines) is 1. The average Bonchev–Trinajstić information content (AvgIpc) is 2.83. The zero-order chi connectivity index (χ0) is 15.4. The molecule has 0 spiro atoms. The number of rotatable bonds is 4. The van der Waals surface area contributed by atoms with E-state index in [1.165, 1.54) is 6.92 Å². The molecule has 1 unspecified atom stereocenters. The van der Waals surface area contributed by atoms with E-state index in [9.17, 15) is 9.59 Å². The van der Waals surface area contributed by atoms with E-state index in [2.05, 4.69) is 15.3 Å². The molecule has 7 heteroatoms. The Morgan fingerprint density at radius 3 is 2.86 bits per heavy atom. The number of aromatic nitrogens is 2. The van der Waals surface area contributed by atoms with Gasteiger partial charge in [-0.1, -0.05) is 0 Å². The molecule has 0 radical (unpaired) electrons. The van der Waals surface area contributed by atoms with Crippen molar-refractivity contribution >= 4 is 11.8 Å². The van der Waals surface area contributed by atoms with E-state index < -0.39 is 0 Å². The second kappa shape index (κ2) is 6.51. The maximum atomic E-state index is 11.9. The van der Waals surface area contributed by atoms with E-state index in [0.717, 1.165) is 12.1 Å². The van der Waals surface area contributed by atoms with Gasteiger partial charge in [-0.3, -0.25) is 9.59 Å². The summed E-state index contributed by atoms with van der Waals surface area (Å²) in [6, 6.07) is 1.79. The second-order valence-corrected chi connectivity index (χ2v) is 5.17. The molecule has 0 saturated carbocycles. The fourth-order valence-electron chi connectivity index (χ4n) is 2.28. The lowest BCUT2D eigenvalue weighted by molar-refractivity contribution is -0.131. The van der Waals surface area contributed by atoms with Gasteiger partial charge in [-0.05, 0) is 13.8 Å². The summed E-state index contributed by atoms with van der Waals surface area (Å²) in [4.78, 5) is 32.8. The summed E-state index contributed by atoms with van der Waals surface area (Å²) in [5, 5.41) is 2.51. The molecule has 2 rings (SSSR count). The van der Waals surface area contributed by atoms with Crippen molar-refractivity contribution in [3.63, 3.8) is 0 Å². The van der Waals surface area contributed by atoms with Gasteiger partial charge in [-0.2, -0.15) is 4.98 Å². The minimum absolute atomic E-state index is 0.0355. The van der Waals surface area contributed by atoms with Crippen molar-refractivity contribution in [1.29, 1.82) is 0 Å². The lowest BCUT2D eigenvalue weighted by atomic mass is 10.3. The van der Waals surface area contributed by atoms with Gasteiger partial charge in [-0.15, -0.1) is 0 Å². The summed E-state index contributed by atoms with van der Waals surface area (Å²) in [5.41, 5.74) is 0.856. The third-order valence-electron chi connectivity index (χ3n) is 3.22. The van der Waals surface area contributed by atoms with Crippen LogP contribution in [0.3, 0.4) is 0 Å². The van der Waals surface area contributed by atoms with Crippen LogP contribution < -0.4 is 10.1 Å². The SMILES string of the molecule is CC(=O)NCC(=O)N1CCC(Oc2cc(C)nc(C)n2)C1. The Labute approximate surface area is 123 Å². The molecule has 1 fully saturated rings. The van der Waals surface area contributed by atoms with Crippen LogP contribution in [0.5, 0.6) is 5.88 Å². The molecule has 0 bridgehead atoms. The molecule has 1 aromatic heterocycles. The topological polar surface area (TPSA) is 84.4 Å². The Morgan fingerprint density at radius 2 is 2.19 bits per heavy atom. The molecule has 21 heavy (non-hydrogen) atoms. The number of carbonyl (C=O) groups is 2. The van der Waals surface area contributed by atoms with Gasteiger partial charge in [0.1, 0.15) is 11.9 Å². The van der Waals surface area contributed by atoms with E-state index in [-0.39, 0.29) is 24.5 Å². The molecule has 1 aromatic rings. The monoisotopic (exact) mass is 292 g/mol. The third kappa shape index (κ3) is 4.40. The molecule has 1 aliphatic rings. The zero-order valence-corrected chi connectivity index (χ0v) is 12.5. The van der Waals surface area contributed by atoms with Crippen LogP contribution in [0.1, 0.15) is 24.9 Å². The van der Waals surface area contributed by atoms with Crippen LogP contribution in [0.4, 0.5) is 0 Å². The number of nitrogens with one attached hydrogen (secondary N) is 1. The number of amides is 2. The minimum atomic E-state index is -0.206. The van der Waals surface area contributed by atoms with E-state index in [1.807, 2.05) is 13.8 Å². The first-order valence-electron chi connectivity index (χ1n) is 6.95. The number of nitrogens with zero attached hydrogens (tertiary/aromatic N) is 3. The van der Waals surface area contributed by atoms with E-state index >= 15 is 0 Å². The van der Waals surface area contributed by atoms with Crippen LogP contribution in [0.25, 0.3) is 0 Å². The van der Waals surface area contributed by atoms with E-state index in [0.29, 0.717) is 24.8 Å². The standard InChI is InChI=1S/C14H20N4O3/c1-9-6-13(17-10(2)16-9)21-12-4-5-18(8-12)14(20)7-15-11(3)19/h6,12H,4-5,7-8H2,1-3H3,(H,15,19). The highest BCUT2D eigenvalue weighted by molar-refractivity contribution is 5.83. The Balaban J connectivity index is 1.87. The first-order chi connectivity index (χ1) is 9.94. The predicted molar refractivity (Wildman–Crippen MR) is 75.8 cm³/mol. The maximum Gasteiger partial charge on any atom is 0.242 e. The van der Waals surface area contributed by atoms with E-state index in [1.54, 1.807) is 11.0 Å². The van der Waals surface area contributed by atoms with Crippen LogP contribution in [0.15, 0.2) is 6.07 Å². The Kier molecular flexibility index (Phi) is 4.72. The third-order valence-corrected chi connectivity index (χ3v) is 3.22. The van der Waals surface area contributed by atoms with Gasteiger partial charge in [0, 0.05) is 31.6 Å². The highest BCUT2D eigenvalue weighted by Crippen LogP contribution is 2.17. The van der Waals surface area contributed by atoms with Gasteiger partial charge in [-0.25, -0.2) is 4.98 Å². The first-order valence-corrected chi connectivity index (χ1v) is 6.95. The molecule has 1 N–H and O–H groups in total. The molecular weight excluding hydrogens is 272 g/mol.